The zero-order chi connectivity index (χ0) is 15.2. The van der Waals surface area contributed by atoms with Gasteiger partial charge in [0.2, 0.25) is 0 Å². The fourth-order valence-electron chi connectivity index (χ4n) is 2.10. The fraction of sp³-hybridized carbons (Fsp3) is 0.0556. The van der Waals surface area contributed by atoms with Crippen molar-refractivity contribution in [2.75, 3.05) is 0 Å². The lowest BCUT2D eigenvalue weighted by Gasteiger charge is -2.08. The second kappa shape index (κ2) is 6.88. The molecular formula is C18H13N3S. The quantitative estimate of drug-likeness (QED) is 0.721. The monoisotopic (exact) mass is 303 g/mol. The number of aromatic nitrogens is 2. The number of benzene rings is 2. The summed E-state index contributed by atoms with van der Waals surface area (Å²) in [5.41, 5.74) is 1.61. The molecule has 4 heteroatoms. The summed E-state index contributed by atoms with van der Waals surface area (Å²) < 4.78 is 0. The van der Waals surface area contributed by atoms with E-state index in [1.807, 2.05) is 72.8 Å². The summed E-state index contributed by atoms with van der Waals surface area (Å²) in [6.07, 6.45) is 0. The molecule has 0 aliphatic heterocycles. The third-order valence-corrected chi connectivity index (χ3v) is 4.12. The molecule has 0 amide bonds. The van der Waals surface area contributed by atoms with Crippen molar-refractivity contribution >= 4 is 11.8 Å². The highest BCUT2D eigenvalue weighted by molar-refractivity contribution is 7.99. The molecule has 3 rings (SSSR count). The lowest BCUT2D eigenvalue weighted by atomic mass is 9.97. The maximum atomic E-state index is 9.41. The van der Waals surface area contributed by atoms with E-state index in [9.17, 15) is 5.26 Å². The highest BCUT2D eigenvalue weighted by atomic mass is 32.2. The van der Waals surface area contributed by atoms with Crippen LogP contribution in [0.25, 0.3) is 0 Å². The summed E-state index contributed by atoms with van der Waals surface area (Å²) in [6.45, 7) is 0. The van der Waals surface area contributed by atoms with E-state index in [1.165, 1.54) is 0 Å². The first-order chi connectivity index (χ1) is 10.9. The second-order valence-corrected chi connectivity index (χ2v) is 5.78. The van der Waals surface area contributed by atoms with Crippen LogP contribution in [0.2, 0.25) is 0 Å². The predicted molar refractivity (Wildman–Crippen MR) is 86.5 cm³/mol. The number of hydrogen-bond acceptors (Lipinski definition) is 4. The van der Waals surface area contributed by atoms with E-state index < -0.39 is 0 Å². The van der Waals surface area contributed by atoms with Crippen LogP contribution in [-0.2, 0) is 0 Å². The average molecular weight is 303 g/mol. The van der Waals surface area contributed by atoms with Gasteiger partial charge in [-0.3, -0.25) is 0 Å². The van der Waals surface area contributed by atoms with E-state index in [1.54, 1.807) is 11.8 Å². The highest BCUT2D eigenvalue weighted by Gasteiger charge is 2.15. The number of hydrogen-bond donors (Lipinski definition) is 0. The maximum Gasteiger partial charge on any atom is 0.124 e. The average Bonchev–Trinajstić information content (AvgIpc) is 2.59. The molecule has 0 spiro atoms. The maximum absolute atomic E-state index is 9.41. The molecule has 0 fully saturated rings. The Labute approximate surface area is 133 Å². The summed E-state index contributed by atoms with van der Waals surface area (Å²) in [7, 11) is 0. The number of rotatable bonds is 4. The summed E-state index contributed by atoms with van der Waals surface area (Å²) in [4.78, 5) is 1.12. The van der Waals surface area contributed by atoms with E-state index >= 15 is 0 Å². The fourth-order valence-corrected chi connectivity index (χ4v) is 2.86. The third-order valence-electron chi connectivity index (χ3n) is 3.18. The van der Waals surface area contributed by atoms with Crippen molar-refractivity contribution in [1.29, 1.82) is 5.26 Å². The highest BCUT2D eigenvalue weighted by Crippen LogP contribution is 2.27. The Balaban J connectivity index is 1.80. The first-order valence-electron chi connectivity index (χ1n) is 6.88. The lowest BCUT2D eigenvalue weighted by Crippen LogP contribution is -2.02. The molecule has 0 aliphatic rings. The Morgan fingerprint density at radius 2 is 1.50 bits per heavy atom. The molecule has 3 aromatic rings. The van der Waals surface area contributed by atoms with Gasteiger partial charge in [-0.2, -0.15) is 10.4 Å². The molecule has 0 radical (unpaired) electrons. The van der Waals surface area contributed by atoms with Gasteiger partial charge in [-0.1, -0.05) is 60.3 Å². The zero-order valence-electron chi connectivity index (χ0n) is 11.8. The lowest BCUT2D eigenvalue weighted by molar-refractivity contribution is 0.837. The minimum Gasteiger partial charge on any atom is -0.197 e. The number of nitriles is 1. The van der Waals surface area contributed by atoms with Gasteiger partial charge in [0.05, 0.1) is 11.8 Å². The van der Waals surface area contributed by atoms with E-state index in [-0.39, 0.29) is 5.92 Å². The largest absolute Gasteiger partial charge is 0.197 e. The van der Waals surface area contributed by atoms with Crippen LogP contribution in [0.15, 0.2) is 82.7 Å². The smallest absolute Gasteiger partial charge is 0.124 e. The van der Waals surface area contributed by atoms with Crippen molar-refractivity contribution in [3.8, 4) is 6.07 Å². The summed E-state index contributed by atoms with van der Waals surface area (Å²) >= 11 is 1.55. The molecule has 0 unspecified atom stereocenters. The molecule has 22 heavy (non-hydrogen) atoms. The van der Waals surface area contributed by atoms with Crippen LogP contribution in [0, 0.1) is 11.3 Å². The topological polar surface area (TPSA) is 49.6 Å². The summed E-state index contributed by atoms with van der Waals surface area (Å²) in [5.74, 6) is -0.385. The molecule has 3 nitrogen and oxygen atoms in total. The normalized spacial score (nSPS) is 11.6. The van der Waals surface area contributed by atoms with E-state index in [0.717, 1.165) is 15.5 Å². The summed E-state index contributed by atoms with van der Waals surface area (Å²) in [5, 5.41) is 18.7. The minimum atomic E-state index is -0.385. The molecular weight excluding hydrogens is 290 g/mol. The van der Waals surface area contributed by atoms with Crippen LogP contribution in [0.5, 0.6) is 0 Å². The van der Waals surface area contributed by atoms with Crippen molar-refractivity contribution in [3.63, 3.8) is 0 Å². The molecule has 0 N–H and O–H groups in total. The first kappa shape index (κ1) is 14.3. The molecule has 106 valence electrons. The molecule has 2 aromatic carbocycles. The Hall–Kier alpha value is -2.64. The standard InChI is InChI=1S/C18H13N3S/c19-13-16(14-7-3-1-4-8-14)17-11-12-18(21-20-17)22-15-9-5-2-6-10-15/h1-12,16H/t16-/m0/s1. The van der Waals surface area contributed by atoms with Crippen LogP contribution >= 0.6 is 11.8 Å². The molecule has 0 bridgehead atoms. The van der Waals surface area contributed by atoms with Gasteiger partial charge in [-0.05, 0) is 29.8 Å². The molecule has 0 saturated heterocycles. The van der Waals surface area contributed by atoms with Gasteiger partial charge in [-0.15, -0.1) is 5.10 Å². The zero-order valence-corrected chi connectivity index (χ0v) is 12.6. The SMILES string of the molecule is N#C[C@@H](c1ccccc1)c1ccc(Sc2ccccc2)nn1. The van der Waals surface area contributed by atoms with Crippen LogP contribution in [0.4, 0.5) is 0 Å². The van der Waals surface area contributed by atoms with Crippen LogP contribution < -0.4 is 0 Å². The van der Waals surface area contributed by atoms with Crippen molar-refractivity contribution in [1.82, 2.24) is 10.2 Å². The van der Waals surface area contributed by atoms with Gasteiger partial charge in [0.1, 0.15) is 10.9 Å². The van der Waals surface area contributed by atoms with Gasteiger partial charge in [0.15, 0.2) is 0 Å². The van der Waals surface area contributed by atoms with Crippen LogP contribution in [0.3, 0.4) is 0 Å². The Bertz CT molecular complexity index is 765. The van der Waals surface area contributed by atoms with Crippen LogP contribution in [-0.4, -0.2) is 10.2 Å². The van der Waals surface area contributed by atoms with Crippen molar-refractivity contribution in [3.05, 3.63) is 84.1 Å². The van der Waals surface area contributed by atoms with Gasteiger partial charge in [-0.25, -0.2) is 0 Å². The van der Waals surface area contributed by atoms with Crippen molar-refractivity contribution in [2.45, 2.75) is 15.8 Å². The van der Waals surface area contributed by atoms with Crippen LogP contribution in [0.1, 0.15) is 17.2 Å². The Morgan fingerprint density at radius 3 is 2.09 bits per heavy atom. The van der Waals surface area contributed by atoms with Gasteiger partial charge in [0, 0.05) is 4.90 Å². The van der Waals surface area contributed by atoms with E-state index in [4.69, 9.17) is 0 Å². The van der Waals surface area contributed by atoms with Gasteiger partial charge < -0.3 is 0 Å². The van der Waals surface area contributed by atoms with Crippen molar-refractivity contribution in [2.24, 2.45) is 0 Å². The molecule has 1 aromatic heterocycles. The van der Waals surface area contributed by atoms with Gasteiger partial charge in [0.25, 0.3) is 0 Å². The second-order valence-electron chi connectivity index (χ2n) is 4.68. The Kier molecular flexibility index (Phi) is 4.47. The first-order valence-corrected chi connectivity index (χ1v) is 7.69. The predicted octanol–water partition coefficient (Wildman–Crippen LogP) is 4.28. The summed E-state index contributed by atoms with van der Waals surface area (Å²) in [6, 6.07) is 25.7. The molecule has 0 saturated carbocycles. The Morgan fingerprint density at radius 1 is 0.818 bits per heavy atom. The van der Waals surface area contributed by atoms with E-state index in [0.29, 0.717) is 5.69 Å². The van der Waals surface area contributed by atoms with Crippen molar-refractivity contribution < 1.29 is 0 Å². The molecule has 1 atom stereocenters. The number of nitrogens with zero attached hydrogens (tertiary/aromatic N) is 3. The molecule has 0 aliphatic carbocycles. The van der Waals surface area contributed by atoms with E-state index in [2.05, 4.69) is 16.3 Å². The molecule has 1 heterocycles. The third kappa shape index (κ3) is 3.33. The minimum absolute atomic E-state index is 0.385. The van der Waals surface area contributed by atoms with Gasteiger partial charge >= 0.3 is 0 Å².